The number of amides is 2. The van der Waals surface area contributed by atoms with Gasteiger partial charge in [-0.25, -0.2) is 4.79 Å². The third kappa shape index (κ3) is 2.64. The molecule has 4 nitrogen and oxygen atoms in total. The minimum atomic E-state index is 0.144. The monoisotopic (exact) mass is 305 g/mol. The fourth-order valence-corrected chi connectivity index (χ4v) is 6.13. The Bertz CT molecular complexity index is 406. The van der Waals surface area contributed by atoms with Gasteiger partial charge in [0.2, 0.25) is 0 Å². The van der Waals surface area contributed by atoms with Crippen molar-refractivity contribution in [3.05, 3.63) is 0 Å². The van der Waals surface area contributed by atoms with Gasteiger partial charge < -0.3 is 15.1 Å². The van der Waals surface area contributed by atoms with E-state index in [9.17, 15) is 4.79 Å². The zero-order chi connectivity index (χ0) is 15.3. The topological polar surface area (TPSA) is 35.6 Å². The zero-order valence-electron chi connectivity index (χ0n) is 14.2. The largest absolute Gasteiger partial charge is 0.333 e. The van der Waals surface area contributed by atoms with Crippen molar-refractivity contribution in [2.24, 2.45) is 17.8 Å². The molecule has 0 aromatic heterocycles. The minimum absolute atomic E-state index is 0.144. The third-order valence-electron chi connectivity index (χ3n) is 6.97. The van der Waals surface area contributed by atoms with E-state index in [0.717, 1.165) is 43.7 Å². The van der Waals surface area contributed by atoms with Crippen LogP contribution in [0.15, 0.2) is 0 Å². The molecule has 0 aromatic rings. The second-order valence-corrected chi connectivity index (χ2v) is 8.77. The average Bonchev–Trinajstić information content (AvgIpc) is 2.45. The molecule has 0 atom stereocenters. The summed E-state index contributed by atoms with van der Waals surface area (Å²) < 4.78 is 0. The quantitative estimate of drug-likeness (QED) is 0.851. The molecule has 5 fully saturated rings. The van der Waals surface area contributed by atoms with Gasteiger partial charge in [0.25, 0.3) is 0 Å². The normalized spacial score (nSPS) is 41.6. The molecule has 4 bridgehead atoms. The van der Waals surface area contributed by atoms with Crippen LogP contribution >= 0.6 is 0 Å². The lowest BCUT2D eigenvalue weighted by Gasteiger charge is -2.57. The molecule has 0 radical (unpaired) electrons. The highest BCUT2D eigenvalue weighted by Crippen LogP contribution is 2.55. The van der Waals surface area contributed by atoms with E-state index in [4.69, 9.17) is 0 Å². The first-order valence-electron chi connectivity index (χ1n) is 9.26. The van der Waals surface area contributed by atoms with Crippen LogP contribution in [0.3, 0.4) is 0 Å². The molecule has 1 aliphatic heterocycles. The second kappa shape index (κ2) is 5.40. The van der Waals surface area contributed by atoms with E-state index in [-0.39, 0.29) is 11.6 Å². The molecule has 1 N–H and O–H groups in total. The van der Waals surface area contributed by atoms with Gasteiger partial charge in [-0.2, -0.15) is 0 Å². The van der Waals surface area contributed by atoms with Crippen LogP contribution in [0, 0.1) is 17.8 Å². The Balaban J connectivity index is 1.39. The highest BCUT2D eigenvalue weighted by Gasteiger charge is 2.51. The molecular weight excluding hydrogens is 274 g/mol. The molecule has 0 aromatic carbocycles. The van der Waals surface area contributed by atoms with E-state index in [1.165, 1.54) is 38.5 Å². The molecule has 1 saturated heterocycles. The maximum Gasteiger partial charge on any atom is 0.317 e. The molecule has 0 spiro atoms. The van der Waals surface area contributed by atoms with Crippen LogP contribution in [0.4, 0.5) is 4.79 Å². The Hall–Kier alpha value is -0.770. The fourth-order valence-electron chi connectivity index (χ4n) is 6.13. The summed E-state index contributed by atoms with van der Waals surface area (Å²) in [4.78, 5) is 17.2. The van der Waals surface area contributed by atoms with E-state index in [1.807, 2.05) is 11.9 Å². The maximum absolute atomic E-state index is 12.8. The van der Waals surface area contributed by atoms with Crippen LogP contribution in [0.1, 0.15) is 51.4 Å². The highest BCUT2D eigenvalue weighted by molar-refractivity contribution is 5.75. The van der Waals surface area contributed by atoms with Crippen LogP contribution in [0.25, 0.3) is 0 Å². The number of carbonyl (C=O) groups is 1. The molecule has 5 aliphatic rings. The molecule has 0 unspecified atom stereocenters. The number of urea groups is 1. The Labute approximate surface area is 134 Å². The zero-order valence-corrected chi connectivity index (χ0v) is 14.2. The van der Waals surface area contributed by atoms with Crippen molar-refractivity contribution in [2.75, 3.05) is 27.2 Å². The average molecular weight is 305 g/mol. The van der Waals surface area contributed by atoms with Crippen molar-refractivity contribution in [3.63, 3.8) is 0 Å². The molecular formula is C18H31N3O. The summed E-state index contributed by atoms with van der Waals surface area (Å²) in [5, 5.41) is 3.51. The number of likely N-dealkylation sites (tertiary alicyclic amines) is 1. The standard InChI is InChI=1S/C18H31N3O/c1-20-5-3-16(4-6-20)21(2)17(22)19-18-10-13-7-14(11-18)9-15(8-13)12-18/h13-16H,3-12H2,1-2H3,(H,19,22). The van der Waals surface area contributed by atoms with Crippen molar-refractivity contribution in [2.45, 2.75) is 62.9 Å². The summed E-state index contributed by atoms with van der Waals surface area (Å²) in [6, 6.07) is 0.613. The number of hydrogen-bond acceptors (Lipinski definition) is 2. The Kier molecular flexibility index (Phi) is 3.63. The van der Waals surface area contributed by atoms with Crippen LogP contribution in [0.2, 0.25) is 0 Å². The Morgan fingerprint density at radius 2 is 1.55 bits per heavy atom. The van der Waals surface area contributed by atoms with Gasteiger partial charge in [-0.1, -0.05) is 0 Å². The molecule has 2 amide bonds. The first kappa shape index (κ1) is 14.8. The van der Waals surface area contributed by atoms with Crippen molar-refractivity contribution < 1.29 is 4.79 Å². The summed E-state index contributed by atoms with van der Waals surface area (Å²) in [5.41, 5.74) is 0.144. The fraction of sp³-hybridized carbons (Fsp3) is 0.944. The number of carbonyl (C=O) groups excluding carboxylic acids is 1. The first-order valence-corrected chi connectivity index (χ1v) is 9.26. The summed E-state index contributed by atoms with van der Waals surface area (Å²) in [6.07, 6.45) is 10.2. The van der Waals surface area contributed by atoms with Gasteiger partial charge in [0.15, 0.2) is 0 Å². The minimum Gasteiger partial charge on any atom is -0.333 e. The summed E-state index contributed by atoms with van der Waals surface area (Å²) >= 11 is 0. The van der Waals surface area contributed by atoms with Gasteiger partial charge in [0.05, 0.1) is 0 Å². The number of piperidine rings is 1. The highest BCUT2D eigenvalue weighted by atomic mass is 16.2. The molecule has 1 heterocycles. The van der Waals surface area contributed by atoms with Gasteiger partial charge in [-0.05, 0) is 89.3 Å². The molecule has 4 heteroatoms. The molecule has 124 valence electrons. The van der Waals surface area contributed by atoms with E-state index >= 15 is 0 Å². The number of nitrogens with one attached hydrogen (secondary N) is 1. The molecule has 5 rings (SSSR count). The van der Waals surface area contributed by atoms with Gasteiger partial charge in [0.1, 0.15) is 0 Å². The van der Waals surface area contributed by atoms with Crippen LogP contribution in [-0.2, 0) is 0 Å². The lowest BCUT2D eigenvalue weighted by molar-refractivity contribution is -0.0163. The van der Waals surface area contributed by atoms with Crippen molar-refractivity contribution in [1.29, 1.82) is 0 Å². The van der Waals surface area contributed by atoms with E-state index in [1.54, 1.807) is 0 Å². The first-order chi connectivity index (χ1) is 10.5. The summed E-state index contributed by atoms with van der Waals surface area (Å²) in [7, 11) is 4.18. The van der Waals surface area contributed by atoms with Gasteiger partial charge in [-0.15, -0.1) is 0 Å². The van der Waals surface area contributed by atoms with Crippen molar-refractivity contribution >= 4 is 6.03 Å². The van der Waals surface area contributed by atoms with E-state index in [0.29, 0.717) is 6.04 Å². The molecule has 4 saturated carbocycles. The molecule has 22 heavy (non-hydrogen) atoms. The van der Waals surface area contributed by atoms with Crippen molar-refractivity contribution in [1.82, 2.24) is 15.1 Å². The number of nitrogens with zero attached hydrogens (tertiary/aromatic N) is 2. The smallest absolute Gasteiger partial charge is 0.317 e. The lowest BCUT2D eigenvalue weighted by atomic mass is 9.53. The number of rotatable bonds is 2. The predicted octanol–water partition coefficient (Wildman–Crippen LogP) is 2.69. The Morgan fingerprint density at radius 3 is 2.05 bits per heavy atom. The lowest BCUT2D eigenvalue weighted by Crippen LogP contribution is -2.62. The maximum atomic E-state index is 12.8. The Morgan fingerprint density at radius 1 is 1.05 bits per heavy atom. The van der Waals surface area contributed by atoms with E-state index < -0.39 is 0 Å². The van der Waals surface area contributed by atoms with Crippen LogP contribution < -0.4 is 5.32 Å². The summed E-state index contributed by atoms with van der Waals surface area (Å²) in [6.45, 7) is 2.22. The van der Waals surface area contributed by atoms with Gasteiger partial charge >= 0.3 is 6.03 Å². The van der Waals surface area contributed by atoms with Crippen LogP contribution in [0.5, 0.6) is 0 Å². The SMILES string of the molecule is CN1CCC(N(C)C(=O)NC23CC4CC(CC(C4)C2)C3)CC1. The molecule has 4 aliphatic carbocycles. The second-order valence-electron chi connectivity index (χ2n) is 8.77. The summed E-state index contributed by atoms with van der Waals surface area (Å²) in [5.74, 6) is 2.67. The number of hydrogen-bond donors (Lipinski definition) is 1. The third-order valence-corrected chi connectivity index (χ3v) is 6.97. The van der Waals surface area contributed by atoms with Gasteiger partial charge in [-0.3, -0.25) is 0 Å². The van der Waals surface area contributed by atoms with Crippen molar-refractivity contribution in [3.8, 4) is 0 Å². The van der Waals surface area contributed by atoms with Gasteiger partial charge in [0, 0.05) is 18.6 Å². The van der Waals surface area contributed by atoms with Crippen LogP contribution in [-0.4, -0.2) is 54.6 Å². The van der Waals surface area contributed by atoms with E-state index in [2.05, 4.69) is 17.3 Å². The predicted molar refractivity (Wildman–Crippen MR) is 87.7 cm³/mol.